The third-order valence-electron chi connectivity index (χ3n) is 3.46. The number of carbonyl (C=O) groups excluding carboxylic acids is 1. The van der Waals surface area contributed by atoms with E-state index in [-0.39, 0.29) is 21.4 Å². The Bertz CT molecular complexity index is 969. The predicted octanol–water partition coefficient (Wildman–Crippen LogP) is 4.51. The number of aliphatic imine (C=N–C) groups is 1. The van der Waals surface area contributed by atoms with E-state index in [1.54, 1.807) is 0 Å². The molecule has 2 aromatic rings. The maximum Gasteiger partial charge on any atom is 0.416 e. The van der Waals surface area contributed by atoms with E-state index in [2.05, 4.69) is 10.3 Å². The molecule has 10 heteroatoms. The Kier molecular flexibility index (Phi) is 5.00. The molecule has 0 bridgehead atoms. The number of thioether (sulfide) groups is 1. The topological polar surface area (TPSA) is 84.6 Å². The number of halogens is 3. The van der Waals surface area contributed by atoms with Gasteiger partial charge in [-0.05, 0) is 53.7 Å². The van der Waals surface area contributed by atoms with Gasteiger partial charge in [0.05, 0.1) is 21.1 Å². The van der Waals surface area contributed by atoms with E-state index < -0.39 is 22.6 Å². The number of nitro groups is 1. The molecule has 138 valence electrons. The fourth-order valence-corrected chi connectivity index (χ4v) is 3.04. The van der Waals surface area contributed by atoms with Crippen molar-refractivity contribution in [1.29, 1.82) is 0 Å². The third-order valence-corrected chi connectivity index (χ3v) is 4.37. The maximum absolute atomic E-state index is 12.8. The summed E-state index contributed by atoms with van der Waals surface area (Å²) in [5.41, 5.74) is -0.282. The monoisotopic (exact) mass is 393 g/mol. The number of hydrogen-bond donors (Lipinski definition) is 1. The minimum Gasteiger partial charge on any atom is -0.300 e. The molecule has 3 rings (SSSR count). The van der Waals surface area contributed by atoms with E-state index in [1.807, 2.05) is 0 Å². The Morgan fingerprint density at radius 3 is 2.48 bits per heavy atom. The Morgan fingerprint density at radius 1 is 1.15 bits per heavy atom. The molecule has 1 heterocycles. The largest absolute Gasteiger partial charge is 0.416 e. The first-order valence-corrected chi connectivity index (χ1v) is 8.25. The highest BCUT2D eigenvalue weighted by Gasteiger charge is 2.30. The molecular weight excluding hydrogens is 383 g/mol. The van der Waals surface area contributed by atoms with Crippen molar-refractivity contribution in [3.8, 4) is 0 Å². The first-order chi connectivity index (χ1) is 12.7. The summed E-state index contributed by atoms with van der Waals surface area (Å²) in [4.78, 5) is 26.4. The van der Waals surface area contributed by atoms with E-state index in [9.17, 15) is 28.1 Å². The molecule has 6 nitrogen and oxygen atoms in total. The molecular formula is C17H10F3N3O3S. The number of amides is 1. The van der Waals surface area contributed by atoms with Crippen molar-refractivity contribution < 1.29 is 22.9 Å². The van der Waals surface area contributed by atoms with Gasteiger partial charge in [0.1, 0.15) is 0 Å². The van der Waals surface area contributed by atoms with Crippen LogP contribution >= 0.6 is 11.8 Å². The summed E-state index contributed by atoms with van der Waals surface area (Å²) >= 11 is 0.968. The SMILES string of the molecule is O=C1NC(=Nc2cccc(C(F)(F)F)c2)S/C1=C\c1ccc([N+](=O)[O-])cc1. The van der Waals surface area contributed by atoms with Crippen LogP contribution in [-0.4, -0.2) is 16.0 Å². The molecule has 0 unspecified atom stereocenters. The van der Waals surface area contributed by atoms with Gasteiger partial charge >= 0.3 is 6.18 Å². The van der Waals surface area contributed by atoms with Gasteiger partial charge in [-0.25, -0.2) is 4.99 Å². The van der Waals surface area contributed by atoms with Gasteiger partial charge in [-0.1, -0.05) is 6.07 Å². The van der Waals surface area contributed by atoms with Crippen LogP contribution in [0.1, 0.15) is 11.1 Å². The number of nitro benzene ring substituents is 1. The van der Waals surface area contributed by atoms with Crippen molar-refractivity contribution in [3.05, 3.63) is 74.7 Å². The fraction of sp³-hybridized carbons (Fsp3) is 0.0588. The lowest BCUT2D eigenvalue weighted by atomic mass is 10.2. The van der Waals surface area contributed by atoms with E-state index in [0.29, 0.717) is 5.56 Å². The number of non-ortho nitro benzene ring substituents is 1. The summed E-state index contributed by atoms with van der Waals surface area (Å²) < 4.78 is 38.3. The number of nitrogens with one attached hydrogen (secondary N) is 1. The Labute approximate surface area is 154 Å². The summed E-state index contributed by atoms with van der Waals surface area (Å²) in [7, 11) is 0. The molecule has 1 aliphatic heterocycles. The van der Waals surface area contributed by atoms with Crippen molar-refractivity contribution >= 4 is 40.3 Å². The summed E-state index contributed by atoms with van der Waals surface area (Å²) in [6, 6.07) is 10.0. The van der Waals surface area contributed by atoms with Gasteiger partial charge in [0.15, 0.2) is 5.17 Å². The highest BCUT2D eigenvalue weighted by molar-refractivity contribution is 8.18. The molecule has 1 aliphatic rings. The highest BCUT2D eigenvalue weighted by Crippen LogP contribution is 2.33. The van der Waals surface area contributed by atoms with Crippen LogP contribution in [0.15, 0.2) is 58.4 Å². The number of amidine groups is 1. The van der Waals surface area contributed by atoms with E-state index in [0.717, 1.165) is 23.9 Å². The quantitative estimate of drug-likeness (QED) is 0.473. The van der Waals surface area contributed by atoms with Crippen molar-refractivity contribution in [2.24, 2.45) is 4.99 Å². The lowest BCUT2D eigenvalue weighted by Crippen LogP contribution is -2.19. The van der Waals surface area contributed by atoms with Gasteiger partial charge in [-0.15, -0.1) is 0 Å². The second-order valence-electron chi connectivity index (χ2n) is 5.38. The van der Waals surface area contributed by atoms with Gasteiger partial charge < -0.3 is 5.32 Å². The van der Waals surface area contributed by atoms with Crippen LogP contribution in [0, 0.1) is 10.1 Å². The lowest BCUT2D eigenvalue weighted by molar-refractivity contribution is -0.384. The first-order valence-electron chi connectivity index (χ1n) is 7.44. The normalized spacial score (nSPS) is 17.4. The van der Waals surface area contributed by atoms with Gasteiger partial charge in [0.2, 0.25) is 0 Å². The van der Waals surface area contributed by atoms with Gasteiger partial charge in [0, 0.05) is 12.1 Å². The summed E-state index contributed by atoms with van der Waals surface area (Å²) in [6.07, 6.45) is -2.97. The average molecular weight is 393 g/mol. The van der Waals surface area contributed by atoms with Crippen molar-refractivity contribution in [2.45, 2.75) is 6.18 Å². The van der Waals surface area contributed by atoms with Crippen LogP contribution < -0.4 is 5.32 Å². The molecule has 1 fully saturated rings. The summed E-state index contributed by atoms with van der Waals surface area (Å²) in [5, 5.41) is 13.3. The standard InChI is InChI=1S/C17H10F3N3O3S/c18-17(19,20)11-2-1-3-12(9-11)21-16-22-15(24)14(27-16)8-10-4-6-13(7-5-10)23(25)26/h1-9H,(H,21,22,24)/b14-8-. The number of rotatable bonds is 3. The number of alkyl halides is 3. The zero-order valence-electron chi connectivity index (χ0n) is 13.4. The number of carbonyl (C=O) groups is 1. The molecule has 0 atom stereocenters. The zero-order chi connectivity index (χ0) is 19.6. The zero-order valence-corrected chi connectivity index (χ0v) is 14.2. The smallest absolute Gasteiger partial charge is 0.300 e. The number of nitrogens with zero attached hydrogens (tertiary/aromatic N) is 2. The Morgan fingerprint density at radius 2 is 1.85 bits per heavy atom. The molecule has 0 spiro atoms. The first kappa shape index (κ1) is 18.6. The third kappa shape index (κ3) is 4.53. The fourth-order valence-electron chi connectivity index (χ4n) is 2.19. The maximum atomic E-state index is 12.8. The van der Waals surface area contributed by atoms with Crippen LogP contribution in [-0.2, 0) is 11.0 Å². The minimum absolute atomic E-state index is 0.0595. The highest BCUT2D eigenvalue weighted by atomic mass is 32.2. The number of hydrogen-bond acceptors (Lipinski definition) is 5. The van der Waals surface area contributed by atoms with E-state index >= 15 is 0 Å². The molecule has 0 radical (unpaired) electrons. The molecule has 1 N–H and O–H groups in total. The van der Waals surface area contributed by atoms with Crippen LogP contribution in [0.5, 0.6) is 0 Å². The van der Waals surface area contributed by atoms with Crippen LogP contribution in [0.3, 0.4) is 0 Å². The van der Waals surface area contributed by atoms with Gasteiger partial charge in [0.25, 0.3) is 11.6 Å². The second-order valence-corrected chi connectivity index (χ2v) is 6.41. The van der Waals surface area contributed by atoms with E-state index in [1.165, 1.54) is 42.5 Å². The molecule has 0 saturated carbocycles. The summed E-state index contributed by atoms with van der Waals surface area (Å²) in [5.74, 6) is -0.455. The van der Waals surface area contributed by atoms with Crippen molar-refractivity contribution in [3.63, 3.8) is 0 Å². The second kappa shape index (κ2) is 7.23. The predicted molar refractivity (Wildman–Crippen MR) is 95.3 cm³/mol. The average Bonchev–Trinajstić information content (AvgIpc) is 2.94. The van der Waals surface area contributed by atoms with Crippen LogP contribution in [0.4, 0.5) is 24.5 Å². The molecule has 1 saturated heterocycles. The van der Waals surface area contributed by atoms with Crippen LogP contribution in [0.2, 0.25) is 0 Å². The Hall–Kier alpha value is -3.14. The molecule has 0 aliphatic carbocycles. The minimum atomic E-state index is -4.48. The lowest BCUT2D eigenvalue weighted by Gasteiger charge is -2.06. The molecule has 2 aromatic carbocycles. The summed E-state index contributed by atoms with van der Waals surface area (Å²) in [6.45, 7) is 0. The van der Waals surface area contributed by atoms with Gasteiger partial charge in [-0.3, -0.25) is 14.9 Å². The molecule has 27 heavy (non-hydrogen) atoms. The molecule has 1 amide bonds. The van der Waals surface area contributed by atoms with Gasteiger partial charge in [-0.2, -0.15) is 13.2 Å². The van der Waals surface area contributed by atoms with Crippen molar-refractivity contribution in [1.82, 2.24) is 5.32 Å². The number of benzene rings is 2. The molecule has 0 aromatic heterocycles. The van der Waals surface area contributed by atoms with Crippen molar-refractivity contribution in [2.75, 3.05) is 0 Å². The van der Waals surface area contributed by atoms with E-state index in [4.69, 9.17) is 0 Å². The Balaban J connectivity index is 1.81. The van der Waals surface area contributed by atoms with Crippen LogP contribution in [0.25, 0.3) is 6.08 Å².